The molecule has 0 saturated heterocycles. The molecule has 0 aliphatic rings. The average Bonchev–Trinajstić information content (AvgIpc) is 2.75. The summed E-state index contributed by atoms with van der Waals surface area (Å²) in [7, 11) is 0. The molecule has 0 aliphatic heterocycles. The third-order valence-corrected chi connectivity index (χ3v) is 3.72. The van der Waals surface area contributed by atoms with E-state index in [1.165, 1.54) is 11.3 Å². The Balaban J connectivity index is 2.10. The average molecular weight is 260 g/mol. The molecular formula is C14H16N2OS. The summed E-state index contributed by atoms with van der Waals surface area (Å²) < 4.78 is 0. The van der Waals surface area contributed by atoms with Crippen LogP contribution in [0.2, 0.25) is 0 Å². The lowest BCUT2D eigenvalue weighted by Crippen LogP contribution is -2.26. The van der Waals surface area contributed by atoms with Crippen LogP contribution in [-0.2, 0) is 0 Å². The number of rotatable bonds is 3. The number of benzene rings is 1. The van der Waals surface area contributed by atoms with E-state index >= 15 is 0 Å². The number of hydrogen-bond donors (Lipinski definition) is 2. The lowest BCUT2D eigenvalue weighted by atomic mass is 10.1. The largest absolute Gasteiger partial charge is 0.399 e. The molecule has 1 atom stereocenters. The smallest absolute Gasteiger partial charge is 0.252 e. The first-order valence-electron chi connectivity index (χ1n) is 5.77. The summed E-state index contributed by atoms with van der Waals surface area (Å²) >= 11 is 1.54. The van der Waals surface area contributed by atoms with Crippen LogP contribution in [0.5, 0.6) is 0 Å². The molecule has 0 spiro atoms. The fraction of sp³-hybridized carbons (Fsp3) is 0.214. The number of thiophene rings is 1. The van der Waals surface area contributed by atoms with Crippen LogP contribution in [0.25, 0.3) is 0 Å². The van der Waals surface area contributed by atoms with Crippen molar-refractivity contribution in [3.63, 3.8) is 0 Å². The van der Waals surface area contributed by atoms with E-state index in [9.17, 15) is 4.79 Å². The third kappa shape index (κ3) is 2.71. The molecule has 18 heavy (non-hydrogen) atoms. The summed E-state index contributed by atoms with van der Waals surface area (Å²) in [5.74, 6) is -0.0383. The molecule has 3 N–H and O–H groups in total. The first-order chi connectivity index (χ1) is 8.58. The van der Waals surface area contributed by atoms with E-state index in [4.69, 9.17) is 5.73 Å². The van der Waals surface area contributed by atoms with Gasteiger partial charge in [0, 0.05) is 11.1 Å². The summed E-state index contributed by atoms with van der Waals surface area (Å²) in [5, 5.41) is 6.82. The van der Waals surface area contributed by atoms with Crippen molar-refractivity contribution in [2.45, 2.75) is 19.9 Å². The molecule has 0 aliphatic carbocycles. The number of aryl methyl sites for hydroxylation is 1. The molecule has 3 nitrogen and oxygen atoms in total. The van der Waals surface area contributed by atoms with Crippen LogP contribution in [0.1, 0.15) is 34.5 Å². The summed E-state index contributed by atoms with van der Waals surface area (Å²) in [4.78, 5) is 12.1. The minimum atomic E-state index is -0.0553. The third-order valence-electron chi connectivity index (χ3n) is 2.86. The van der Waals surface area contributed by atoms with Crippen LogP contribution in [0, 0.1) is 6.92 Å². The zero-order chi connectivity index (χ0) is 13.1. The second-order valence-corrected chi connectivity index (χ2v) is 5.08. The van der Waals surface area contributed by atoms with Crippen molar-refractivity contribution >= 4 is 22.9 Å². The van der Waals surface area contributed by atoms with Crippen molar-refractivity contribution in [2.75, 3.05) is 5.73 Å². The molecule has 1 aromatic heterocycles. The predicted molar refractivity (Wildman–Crippen MR) is 75.8 cm³/mol. The van der Waals surface area contributed by atoms with Gasteiger partial charge in [-0.25, -0.2) is 0 Å². The molecule has 0 bridgehead atoms. The van der Waals surface area contributed by atoms with Gasteiger partial charge in [-0.1, -0.05) is 12.1 Å². The van der Waals surface area contributed by atoms with Gasteiger partial charge >= 0.3 is 0 Å². The van der Waals surface area contributed by atoms with Gasteiger partial charge in [0.05, 0.1) is 11.6 Å². The Bertz CT molecular complexity index is 562. The Morgan fingerprint density at radius 3 is 2.78 bits per heavy atom. The van der Waals surface area contributed by atoms with Gasteiger partial charge in [-0.2, -0.15) is 11.3 Å². The van der Waals surface area contributed by atoms with Gasteiger partial charge < -0.3 is 11.1 Å². The van der Waals surface area contributed by atoms with Crippen molar-refractivity contribution in [3.05, 3.63) is 51.7 Å². The number of nitrogens with one attached hydrogen (secondary N) is 1. The maximum absolute atomic E-state index is 12.1. The van der Waals surface area contributed by atoms with Crippen LogP contribution < -0.4 is 11.1 Å². The van der Waals surface area contributed by atoms with Crippen LogP contribution in [0.3, 0.4) is 0 Å². The molecule has 0 fully saturated rings. The number of carbonyl (C=O) groups excluding carboxylic acids is 1. The Hall–Kier alpha value is -1.81. The number of anilines is 1. The number of amides is 1. The van der Waals surface area contributed by atoms with Crippen molar-refractivity contribution in [3.8, 4) is 0 Å². The number of nitrogens with two attached hydrogens (primary N) is 1. The SMILES string of the molecule is Cc1cscc1C(=O)NC(C)c1cccc(N)c1. The first kappa shape index (κ1) is 12.6. The highest BCUT2D eigenvalue weighted by molar-refractivity contribution is 7.08. The predicted octanol–water partition coefficient (Wildman–Crippen LogP) is 3.13. The molecule has 1 amide bonds. The van der Waals surface area contributed by atoms with Crippen LogP contribution in [0.4, 0.5) is 5.69 Å². The van der Waals surface area contributed by atoms with Gasteiger partial charge in [-0.3, -0.25) is 4.79 Å². The molecule has 0 radical (unpaired) electrons. The lowest BCUT2D eigenvalue weighted by molar-refractivity contribution is 0.0940. The second-order valence-electron chi connectivity index (χ2n) is 4.33. The zero-order valence-corrected chi connectivity index (χ0v) is 11.3. The van der Waals surface area contributed by atoms with Crippen LogP contribution in [-0.4, -0.2) is 5.91 Å². The van der Waals surface area contributed by atoms with Crippen molar-refractivity contribution < 1.29 is 4.79 Å². The van der Waals surface area contributed by atoms with E-state index in [2.05, 4.69) is 5.32 Å². The Morgan fingerprint density at radius 2 is 2.17 bits per heavy atom. The summed E-state index contributed by atoms with van der Waals surface area (Å²) in [6.45, 7) is 3.89. The quantitative estimate of drug-likeness (QED) is 0.833. The topological polar surface area (TPSA) is 55.1 Å². The first-order valence-corrected chi connectivity index (χ1v) is 6.71. The Labute approximate surface area is 111 Å². The normalized spacial score (nSPS) is 12.1. The molecule has 1 aromatic carbocycles. The number of carbonyl (C=O) groups is 1. The zero-order valence-electron chi connectivity index (χ0n) is 10.4. The van der Waals surface area contributed by atoms with Crippen molar-refractivity contribution in [2.24, 2.45) is 0 Å². The molecule has 1 unspecified atom stereocenters. The summed E-state index contributed by atoms with van der Waals surface area (Å²) in [6.07, 6.45) is 0. The van der Waals surface area contributed by atoms with Gasteiger partial charge in [0.1, 0.15) is 0 Å². The number of hydrogen-bond acceptors (Lipinski definition) is 3. The van der Waals surface area contributed by atoms with Crippen LogP contribution >= 0.6 is 11.3 Å². The maximum atomic E-state index is 12.1. The summed E-state index contributed by atoms with van der Waals surface area (Å²) in [5.41, 5.74) is 9.21. The van der Waals surface area contributed by atoms with Crippen molar-refractivity contribution in [1.82, 2.24) is 5.32 Å². The van der Waals surface area contributed by atoms with Crippen molar-refractivity contribution in [1.29, 1.82) is 0 Å². The fourth-order valence-corrected chi connectivity index (χ4v) is 2.61. The monoisotopic (exact) mass is 260 g/mol. The minimum absolute atomic E-state index is 0.0383. The second kappa shape index (κ2) is 5.23. The fourth-order valence-electron chi connectivity index (χ4n) is 1.78. The lowest BCUT2D eigenvalue weighted by Gasteiger charge is -2.14. The van der Waals surface area contributed by atoms with E-state index in [1.54, 1.807) is 0 Å². The van der Waals surface area contributed by atoms with Gasteiger partial charge in [0.15, 0.2) is 0 Å². The Morgan fingerprint density at radius 1 is 1.39 bits per heavy atom. The Kier molecular flexibility index (Phi) is 3.67. The van der Waals surface area contributed by atoms with Crippen LogP contribution in [0.15, 0.2) is 35.0 Å². The van der Waals surface area contributed by atoms with E-state index in [1.807, 2.05) is 48.9 Å². The minimum Gasteiger partial charge on any atom is -0.399 e. The van der Waals surface area contributed by atoms with E-state index in [0.717, 1.165) is 16.7 Å². The highest BCUT2D eigenvalue weighted by atomic mass is 32.1. The van der Waals surface area contributed by atoms with Gasteiger partial charge in [-0.15, -0.1) is 0 Å². The standard InChI is InChI=1S/C14H16N2OS/c1-9-7-18-8-13(9)14(17)16-10(2)11-4-3-5-12(15)6-11/h3-8,10H,15H2,1-2H3,(H,16,17). The molecule has 2 rings (SSSR count). The maximum Gasteiger partial charge on any atom is 0.252 e. The molecule has 94 valence electrons. The van der Waals surface area contributed by atoms with Gasteiger partial charge in [0.2, 0.25) is 0 Å². The molecule has 2 aromatic rings. The highest BCUT2D eigenvalue weighted by Crippen LogP contribution is 2.18. The van der Waals surface area contributed by atoms with E-state index < -0.39 is 0 Å². The molecular weight excluding hydrogens is 244 g/mol. The summed E-state index contributed by atoms with van der Waals surface area (Å²) in [6, 6.07) is 7.51. The van der Waals surface area contributed by atoms with E-state index in [-0.39, 0.29) is 11.9 Å². The highest BCUT2D eigenvalue weighted by Gasteiger charge is 2.13. The molecule has 0 saturated carbocycles. The number of nitrogen functional groups attached to an aromatic ring is 1. The molecule has 1 heterocycles. The van der Waals surface area contributed by atoms with Gasteiger partial charge in [0.25, 0.3) is 5.91 Å². The molecule has 4 heteroatoms. The van der Waals surface area contributed by atoms with Gasteiger partial charge in [-0.05, 0) is 42.5 Å². The van der Waals surface area contributed by atoms with E-state index in [0.29, 0.717) is 5.69 Å².